The maximum atomic E-state index is 14.7. The largest absolute Gasteiger partial charge is 0.508 e. The van der Waals surface area contributed by atoms with Crippen molar-refractivity contribution in [2.75, 3.05) is 6.61 Å². The van der Waals surface area contributed by atoms with Crippen molar-refractivity contribution in [3.05, 3.63) is 46.6 Å². The minimum Gasteiger partial charge on any atom is -0.508 e. The Morgan fingerprint density at radius 1 is 0.486 bits per heavy atom. The quantitative estimate of drug-likeness (QED) is 0.0806. The second kappa shape index (κ2) is 21.7. The van der Waals surface area contributed by atoms with E-state index >= 15 is 0 Å². The van der Waals surface area contributed by atoms with Crippen LogP contribution in [0.2, 0.25) is 0 Å². The number of phenolic OH excluding ortho intramolecular Hbond substituents is 2. The molecular formula is C45H60O27. The van der Waals surface area contributed by atoms with Gasteiger partial charge in [-0.2, -0.15) is 0 Å². The van der Waals surface area contributed by atoms with Gasteiger partial charge in [0.2, 0.25) is 23.8 Å². The maximum absolute atomic E-state index is 14.7. The fourth-order valence-electron chi connectivity index (χ4n) is 8.93. The normalized spacial score (nSPS) is 43.9. The molecule has 5 fully saturated rings. The molecular weight excluding hydrogens is 972 g/mol. The average Bonchev–Trinajstić information content (AvgIpc) is 3.34. The molecule has 6 heterocycles. The summed E-state index contributed by atoms with van der Waals surface area (Å²) in [5.74, 6) is -2.50. The smallest absolute Gasteiger partial charge is 0.239 e. The van der Waals surface area contributed by atoms with Gasteiger partial charge >= 0.3 is 0 Å². The van der Waals surface area contributed by atoms with Crippen molar-refractivity contribution >= 4 is 11.0 Å². The van der Waals surface area contributed by atoms with Gasteiger partial charge in [-0.1, -0.05) is 0 Å². The van der Waals surface area contributed by atoms with Crippen LogP contribution in [0.15, 0.2) is 45.6 Å². The maximum Gasteiger partial charge on any atom is 0.239 e. The van der Waals surface area contributed by atoms with Gasteiger partial charge in [-0.3, -0.25) is 4.79 Å². The van der Waals surface area contributed by atoms with Crippen LogP contribution in [-0.2, 0) is 37.9 Å². The van der Waals surface area contributed by atoms with E-state index < -0.39 is 188 Å². The number of hydrogen-bond acceptors (Lipinski definition) is 27. The zero-order chi connectivity index (χ0) is 52.4. The zero-order valence-electron chi connectivity index (χ0n) is 38.7. The molecule has 0 spiro atoms. The van der Waals surface area contributed by atoms with E-state index in [2.05, 4.69) is 0 Å². The van der Waals surface area contributed by atoms with Gasteiger partial charge in [-0.05, 0) is 52.0 Å². The Morgan fingerprint density at radius 2 is 0.986 bits per heavy atom. The molecule has 0 bridgehead atoms. The lowest BCUT2D eigenvalue weighted by Gasteiger charge is -2.48. The number of phenols is 2. The third-order valence-electron chi connectivity index (χ3n) is 13.4. The van der Waals surface area contributed by atoms with Gasteiger partial charge in [0.25, 0.3) is 0 Å². The number of rotatable bonds is 12. The number of aliphatic hydroxyl groups excluding tert-OH is 13. The lowest BCUT2D eigenvalue weighted by Crippen LogP contribution is -2.66. The molecule has 15 N–H and O–H groups in total. The highest BCUT2D eigenvalue weighted by molar-refractivity contribution is 5.88. The molecule has 0 radical (unpaired) electrons. The van der Waals surface area contributed by atoms with Crippen LogP contribution in [0.1, 0.15) is 27.7 Å². The molecule has 2 aromatic carbocycles. The molecule has 5 saturated heterocycles. The Morgan fingerprint density at radius 3 is 1.58 bits per heavy atom. The van der Waals surface area contributed by atoms with Crippen LogP contribution in [0.25, 0.3) is 22.3 Å². The van der Waals surface area contributed by atoms with Gasteiger partial charge in [-0.15, -0.1) is 0 Å². The van der Waals surface area contributed by atoms with Crippen molar-refractivity contribution in [2.24, 2.45) is 0 Å². The molecule has 72 heavy (non-hydrogen) atoms. The number of fused-ring (bicyclic) bond motifs is 1. The van der Waals surface area contributed by atoms with Crippen LogP contribution >= 0.6 is 0 Å². The van der Waals surface area contributed by atoms with E-state index in [-0.39, 0.29) is 22.6 Å². The van der Waals surface area contributed by atoms with Crippen molar-refractivity contribution in [1.82, 2.24) is 0 Å². The SMILES string of the molecule is C[C@@H]1O[C@@H](OC[C@H]2O[C@@H](Oc3c(-c4ccc(O)cc4)oc4cc(O[C@@H]5O[C@@H](C)[C@H](O)[C@@H](O)[C@H]5O)cc(O)c4c3=O)[C@H](O[C@@H]3O[C@@H](C)[C@H](O)[C@@H](O[C@@H]4O[C@@H](C)[C@H](O)[C@@H](O)[C@H]4O)[C@H]3O)[C@@H](O)[C@@H]2O)[C@H](O)[C@H](O)[C@H]1O. The molecule has 3 aromatic rings. The fraction of sp³-hybridized carbons (Fsp3) is 0.667. The molecule has 0 saturated carbocycles. The van der Waals surface area contributed by atoms with Gasteiger partial charge in [0.05, 0.1) is 31.0 Å². The topological polar surface area (TPSA) is 426 Å². The number of aliphatic hydroxyl groups is 13. The van der Waals surface area contributed by atoms with Crippen molar-refractivity contribution < 1.29 is 128 Å². The van der Waals surface area contributed by atoms with E-state index in [9.17, 15) is 81.4 Å². The molecule has 5 aliphatic heterocycles. The summed E-state index contributed by atoms with van der Waals surface area (Å²) in [7, 11) is 0. The molecule has 25 atom stereocenters. The number of ether oxygens (including phenoxy) is 10. The van der Waals surface area contributed by atoms with Crippen LogP contribution in [0.4, 0.5) is 0 Å². The Kier molecular flexibility index (Phi) is 16.4. The lowest BCUT2D eigenvalue weighted by atomic mass is 9.96. The third kappa shape index (κ3) is 10.5. The third-order valence-corrected chi connectivity index (χ3v) is 13.4. The van der Waals surface area contributed by atoms with Crippen molar-refractivity contribution in [3.63, 3.8) is 0 Å². The van der Waals surface area contributed by atoms with E-state index in [1.54, 1.807) is 0 Å². The van der Waals surface area contributed by atoms with E-state index in [0.29, 0.717) is 0 Å². The number of aromatic hydroxyl groups is 2. The summed E-state index contributed by atoms with van der Waals surface area (Å²) in [5.41, 5.74) is -1.48. The highest BCUT2D eigenvalue weighted by atomic mass is 16.8. The minimum atomic E-state index is -2.16. The minimum absolute atomic E-state index is 0.0320. The molecule has 5 aliphatic rings. The fourth-order valence-corrected chi connectivity index (χ4v) is 8.93. The van der Waals surface area contributed by atoms with Crippen LogP contribution in [0.5, 0.6) is 23.0 Å². The molecule has 27 nitrogen and oxygen atoms in total. The first-order chi connectivity index (χ1) is 34.0. The summed E-state index contributed by atoms with van der Waals surface area (Å²) in [4.78, 5) is 14.7. The zero-order valence-corrected chi connectivity index (χ0v) is 38.7. The summed E-state index contributed by atoms with van der Waals surface area (Å²) in [6.07, 6.45) is -42.1. The van der Waals surface area contributed by atoms with Crippen LogP contribution in [-0.4, -0.2) is 237 Å². The van der Waals surface area contributed by atoms with Gasteiger partial charge < -0.3 is 128 Å². The first-order valence-corrected chi connectivity index (χ1v) is 23.0. The average molecular weight is 1030 g/mol. The highest BCUT2D eigenvalue weighted by Gasteiger charge is 2.54. The standard InChI is InChI=1S/C45H60O27/c1-12-23(48)29(54)33(58)41(63-12)62-11-21-27(52)32(57)40(72-44-36(61)38(26(51)15(4)66-44)70-43-35(60)31(56)25(50)14(3)65-43)45(69-21)71-39-28(53)22-19(47)9-18(67-42-34(59)30(55)24(49)13(2)64-42)10-20(22)68-37(39)16-5-7-17(46)8-6-16/h5-10,12-15,21,23-27,29-36,38,40-52,54-61H,11H2,1-4H3/t12-,13-,14-,15-,21+,23-,24-,25-,26-,27+,29+,30+,31+,32-,33+,34+,35+,36+,38+,40+,41+,42-,43-,44-,45-/m0/s1. The van der Waals surface area contributed by atoms with Crippen LogP contribution in [0.3, 0.4) is 0 Å². The molecule has 8 rings (SSSR count). The Hall–Kier alpha value is -3.99. The summed E-state index contributed by atoms with van der Waals surface area (Å²) < 4.78 is 64.1. The second-order valence-electron chi connectivity index (χ2n) is 18.5. The molecule has 0 amide bonds. The predicted molar refractivity (Wildman–Crippen MR) is 232 cm³/mol. The summed E-state index contributed by atoms with van der Waals surface area (Å²) >= 11 is 0. The van der Waals surface area contributed by atoms with E-state index in [0.717, 1.165) is 12.1 Å². The van der Waals surface area contributed by atoms with E-state index in [1.807, 2.05) is 0 Å². The van der Waals surface area contributed by atoms with Gasteiger partial charge in [0.1, 0.15) is 120 Å². The van der Waals surface area contributed by atoms with E-state index in [1.165, 1.54) is 52.0 Å². The van der Waals surface area contributed by atoms with Crippen molar-refractivity contribution in [3.8, 4) is 34.3 Å². The van der Waals surface area contributed by atoms with Gasteiger partial charge in [0.15, 0.2) is 30.7 Å². The lowest BCUT2D eigenvalue weighted by molar-refractivity contribution is -0.378. The van der Waals surface area contributed by atoms with E-state index in [4.69, 9.17) is 51.8 Å². The van der Waals surface area contributed by atoms with Crippen LogP contribution in [0, 0.1) is 0 Å². The highest BCUT2D eigenvalue weighted by Crippen LogP contribution is 2.40. The Labute approximate surface area is 407 Å². The first-order valence-electron chi connectivity index (χ1n) is 23.0. The van der Waals surface area contributed by atoms with Crippen molar-refractivity contribution in [1.29, 1.82) is 0 Å². The van der Waals surface area contributed by atoms with Gasteiger partial charge in [-0.25, -0.2) is 0 Å². The second-order valence-corrected chi connectivity index (χ2v) is 18.5. The summed E-state index contributed by atoms with van der Waals surface area (Å²) in [6.45, 7) is 4.73. The monoisotopic (exact) mass is 1030 g/mol. The van der Waals surface area contributed by atoms with Gasteiger partial charge in [0, 0.05) is 17.7 Å². The molecule has 0 unspecified atom stereocenters. The van der Waals surface area contributed by atoms with Crippen molar-refractivity contribution in [2.45, 2.75) is 181 Å². The molecule has 0 aliphatic carbocycles. The van der Waals surface area contributed by atoms with Crippen LogP contribution < -0.4 is 14.9 Å². The Balaban J connectivity index is 1.15. The summed E-state index contributed by atoms with van der Waals surface area (Å²) in [5, 5.41) is 161. The molecule has 27 heteroatoms. The number of hydrogen-bond donors (Lipinski definition) is 15. The Bertz CT molecular complexity index is 2370. The summed E-state index contributed by atoms with van der Waals surface area (Å²) in [6, 6.07) is 7.09. The molecule has 1 aromatic heterocycles. The number of benzene rings is 2. The molecule has 402 valence electrons. The first kappa shape index (κ1) is 54.3. The predicted octanol–water partition coefficient (Wildman–Crippen LogP) is -5.19.